The van der Waals surface area contributed by atoms with Crippen LogP contribution in [0.1, 0.15) is 0 Å². The summed E-state index contributed by atoms with van der Waals surface area (Å²) in [6, 6.07) is 73.1. The molecule has 0 spiro atoms. The minimum atomic E-state index is 0.615. The molecule has 0 bridgehead atoms. The molecule has 0 amide bonds. The van der Waals surface area contributed by atoms with Gasteiger partial charge >= 0.3 is 0 Å². The highest BCUT2D eigenvalue weighted by Gasteiger charge is 2.16. The molecule has 11 rings (SSSR count). The van der Waals surface area contributed by atoms with Gasteiger partial charge < -0.3 is 0 Å². The van der Waals surface area contributed by atoms with Crippen LogP contribution in [0.4, 0.5) is 0 Å². The van der Waals surface area contributed by atoms with Gasteiger partial charge in [-0.2, -0.15) is 0 Å². The standard InChI is InChI=1S/C56H36N4/c1-2-10-44(11-3-1)54-58-55(48-25-22-37-8-4-5-12-45(37)33-48)60-56(59-54)51-35-49(40-18-14-38(15-19-40)42-28-30-57-31-29-42)34-50(36-51)41-20-16-39(17-21-41)46-26-27-53-47(32-46)24-23-43-9-6-7-13-52(43)53/h1-36H. The fourth-order valence-electron chi connectivity index (χ4n) is 8.22. The number of fused-ring (bicyclic) bond motifs is 4. The van der Waals surface area contributed by atoms with Crippen molar-refractivity contribution in [1.82, 2.24) is 19.9 Å². The molecule has 4 nitrogen and oxygen atoms in total. The van der Waals surface area contributed by atoms with E-state index in [4.69, 9.17) is 15.0 Å². The predicted octanol–water partition coefficient (Wildman–Crippen LogP) is 14.4. The highest BCUT2D eigenvalue weighted by Crippen LogP contribution is 2.36. The second kappa shape index (κ2) is 15.0. The van der Waals surface area contributed by atoms with Gasteiger partial charge in [0, 0.05) is 29.1 Å². The summed E-state index contributed by atoms with van der Waals surface area (Å²) in [5, 5.41) is 7.34. The highest BCUT2D eigenvalue weighted by molar-refractivity contribution is 6.08. The van der Waals surface area contributed by atoms with Crippen LogP contribution < -0.4 is 0 Å². The van der Waals surface area contributed by atoms with E-state index in [-0.39, 0.29) is 0 Å². The van der Waals surface area contributed by atoms with E-state index < -0.39 is 0 Å². The van der Waals surface area contributed by atoms with E-state index in [0.717, 1.165) is 55.5 Å². The molecule has 2 aromatic heterocycles. The molecule has 0 N–H and O–H groups in total. The lowest BCUT2D eigenvalue weighted by Crippen LogP contribution is -2.00. The van der Waals surface area contributed by atoms with Gasteiger partial charge in [-0.1, -0.05) is 164 Å². The molecule has 0 aliphatic heterocycles. The first-order valence-electron chi connectivity index (χ1n) is 20.2. The topological polar surface area (TPSA) is 51.6 Å². The van der Waals surface area contributed by atoms with Crippen molar-refractivity contribution in [2.45, 2.75) is 0 Å². The Hall–Kier alpha value is -8.08. The maximum absolute atomic E-state index is 5.20. The SMILES string of the molecule is c1ccc(-c2nc(-c3cc(-c4ccc(-c5ccncc5)cc4)cc(-c4ccc(-c5ccc6c(ccc7ccccc76)c5)cc4)c3)nc(-c3ccc4ccccc4c3)n2)cc1. The molecule has 0 radical (unpaired) electrons. The third kappa shape index (κ3) is 6.76. The van der Waals surface area contributed by atoms with E-state index in [1.807, 2.05) is 42.7 Å². The molecule has 0 unspecified atom stereocenters. The molecule has 60 heavy (non-hydrogen) atoms. The Balaban J connectivity index is 1.04. The molecule has 0 aliphatic rings. The Bertz CT molecular complexity index is 3340. The van der Waals surface area contributed by atoms with Crippen LogP contribution in [0.2, 0.25) is 0 Å². The summed E-state index contributed by atoms with van der Waals surface area (Å²) in [5.74, 6) is 1.87. The third-order valence-corrected chi connectivity index (χ3v) is 11.4. The van der Waals surface area contributed by atoms with Gasteiger partial charge in [-0.15, -0.1) is 0 Å². The van der Waals surface area contributed by atoms with E-state index in [2.05, 4.69) is 181 Å². The summed E-state index contributed by atoms with van der Waals surface area (Å²) >= 11 is 0. The molecular formula is C56H36N4. The van der Waals surface area contributed by atoms with Gasteiger partial charge in [0.2, 0.25) is 0 Å². The van der Waals surface area contributed by atoms with Crippen LogP contribution in [0.25, 0.3) is 111 Å². The second-order valence-electron chi connectivity index (χ2n) is 15.1. The minimum absolute atomic E-state index is 0.615. The van der Waals surface area contributed by atoms with Crippen LogP contribution in [0.3, 0.4) is 0 Å². The lowest BCUT2D eigenvalue weighted by molar-refractivity contribution is 1.07. The van der Waals surface area contributed by atoms with Crippen molar-refractivity contribution in [2.24, 2.45) is 0 Å². The summed E-state index contributed by atoms with van der Waals surface area (Å²) in [6.45, 7) is 0. The third-order valence-electron chi connectivity index (χ3n) is 11.4. The molecule has 280 valence electrons. The number of hydrogen-bond acceptors (Lipinski definition) is 4. The van der Waals surface area contributed by atoms with Gasteiger partial charge in [0.15, 0.2) is 17.5 Å². The summed E-state index contributed by atoms with van der Waals surface area (Å²) in [4.78, 5) is 19.6. The first kappa shape index (κ1) is 35.1. The van der Waals surface area contributed by atoms with Gasteiger partial charge in [0.05, 0.1) is 0 Å². The average molecular weight is 765 g/mol. The quantitative estimate of drug-likeness (QED) is 0.152. The Morgan fingerprint density at radius 1 is 0.217 bits per heavy atom. The van der Waals surface area contributed by atoms with E-state index in [1.54, 1.807) is 0 Å². The van der Waals surface area contributed by atoms with Gasteiger partial charge in [-0.3, -0.25) is 4.98 Å². The van der Waals surface area contributed by atoms with Crippen LogP contribution in [-0.4, -0.2) is 19.9 Å². The number of nitrogens with zero attached hydrogens (tertiary/aromatic N) is 4. The molecule has 0 atom stereocenters. The lowest BCUT2D eigenvalue weighted by Gasteiger charge is -2.13. The van der Waals surface area contributed by atoms with Crippen molar-refractivity contribution in [2.75, 3.05) is 0 Å². The Labute approximate surface area is 348 Å². The van der Waals surface area contributed by atoms with Gasteiger partial charge in [0.1, 0.15) is 0 Å². The van der Waals surface area contributed by atoms with Crippen molar-refractivity contribution in [3.05, 3.63) is 219 Å². The van der Waals surface area contributed by atoms with Crippen LogP contribution >= 0.6 is 0 Å². The Morgan fingerprint density at radius 3 is 1.35 bits per heavy atom. The molecule has 2 heterocycles. The van der Waals surface area contributed by atoms with Crippen molar-refractivity contribution in [3.8, 4) is 78.7 Å². The fourth-order valence-corrected chi connectivity index (χ4v) is 8.22. The molecule has 0 aliphatic carbocycles. The van der Waals surface area contributed by atoms with E-state index in [0.29, 0.717) is 17.5 Å². The Morgan fingerprint density at radius 2 is 0.650 bits per heavy atom. The van der Waals surface area contributed by atoms with Crippen molar-refractivity contribution >= 4 is 32.3 Å². The van der Waals surface area contributed by atoms with Crippen LogP contribution in [-0.2, 0) is 0 Å². The number of pyridine rings is 1. The molecule has 0 saturated carbocycles. The molecule has 11 aromatic rings. The maximum Gasteiger partial charge on any atom is 0.164 e. The number of aromatic nitrogens is 4. The normalized spacial score (nSPS) is 11.3. The van der Waals surface area contributed by atoms with Gasteiger partial charge in [-0.05, 0) is 119 Å². The molecule has 4 heteroatoms. The van der Waals surface area contributed by atoms with Crippen molar-refractivity contribution in [3.63, 3.8) is 0 Å². The minimum Gasteiger partial charge on any atom is -0.265 e. The highest BCUT2D eigenvalue weighted by atomic mass is 15.0. The first-order chi connectivity index (χ1) is 29.7. The summed E-state index contributed by atoms with van der Waals surface area (Å²) in [6.07, 6.45) is 3.66. The summed E-state index contributed by atoms with van der Waals surface area (Å²) in [5.41, 5.74) is 11.8. The summed E-state index contributed by atoms with van der Waals surface area (Å²) in [7, 11) is 0. The molecule has 9 aromatic carbocycles. The molecular weight excluding hydrogens is 729 g/mol. The largest absolute Gasteiger partial charge is 0.265 e. The average Bonchev–Trinajstić information content (AvgIpc) is 3.34. The van der Waals surface area contributed by atoms with Crippen LogP contribution in [0.5, 0.6) is 0 Å². The number of hydrogen-bond donors (Lipinski definition) is 0. The van der Waals surface area contributed by atoms with Crippen LogP contribution in [0.15, 0.2) is 219 Å². The zero-order valence-corrected chi connectivity index (χ0v) is 32.6. The molecule has 0 fully saturated rings. The van der Waals surface area contributed by atoms with Crippen molar-refractivity contribution in [1.29, 1.82) is 0 Å². The van der Waals surface area contributed by atoms with Crippen molar-refractivity contribution < 1.29 is 0 Å². The van der Waals surface area contributed by atoms with Gasteiger partial charge in [0.25, 0.3) is 0 Å². The number of benzene rings is 9. The molecule has 0 saturated heterocycles. The lowest BCUT2D eigenvalue weighted by atomic mass is 9.93. The number of rotatable bonds is 7. The maximum atomic E-state index is 5.20. The summed E-state index contributed by atoms with van der Waals surface area (Å²) < 4.78 is 0. The van der Waals surface area contributed by atoms with E-state index in [1.165, 1.54) is 38.1 Å². The zero-order valence-electron chi connectivity index (χ0n) is 32.6. The van der Waals surface area contributed by atoms with E-state index in [9.17, 15) is 0 Å². The second-order valence-corrected chi connectivity index (χ2v) is 15.1. The first-order valence-corrected chi connectivity index (χ1v) is 20.2. The smallest absolute Gasteiger partial charge is 0.164 e. The van der Waals surface area contributed by atoms with Gasteiger partial charge in [-0.25, -0.2) is 15.0 Å². The van der Waals surface area contributed by atoms with Crippen LogP contribution in [0, 0.1) is 0 Å². The predicted molar refractivity (Wildman–Crippen MR) is 248 cm³/mol. The monoisotopic (exact) mass is 764 g/mol. The Kier molecular flexibility index (Phi) is 8.79. The fraction of sp³-hybridized carbons (Fsp3) is 0. The van der Waals surface area contributed by atoms with E-state index >= 15 is 0 Å². The zero-order chi connectivity index (χ0) is 39.8.